The lowest BCUT2D eigenvalue weighted by Gasteiger charge is -2.15. The van der Waals surface area contributed by atoms with Gasteiger partial charge in [0.15, 0.2) is 5.82 Å². The first-order valence-corrected chi connectivity index (χ1v) is 6.20. The van der Waals surface area contributed by atoms with Crippen molar-refractivity contribution in [2.24, 2.45) is 5.92 Å². The van der Waals surface area contributed by atoms with Crippen LogP contribution in [-0.2, 0) is 4.74 Å². The zero-order chi connectivity index (χ0) is 11.7. The molecule has 0 aromatic carbocycles. The molecule has 3 nitrogen and oxygen atoms in total. The molecule has 1 aliphatic carbocycles. The van der Waals surface area contributed by atoms with Gasteiger partial charge in [-0.1, -0.05) is 23.2 Å². The number of rotatable bonds is 4. The van der Waals surface area contributed by atoms with Gasteiger partial charge in [0.05, 0.1) is 0 Å². The van der Waals surface area contributed by atoms with E-state index in [1.807, 2.05) is 6.92 Å². The van der Waals surface area contributed by atoms with E-state index < -0.39 is 0 Å². The van der Waals surface area contributed by atoms with Crippen LogP contribution in [0, 0.1) is 12.8 Å². The standard InChI is InChI=1S/C11H14Cl2N2O/c1-3-16-8(7-4-5-7)11-14-9(12)6(2)10(13)15-11/h7-8H,3-5H2,1-2H3. The van der Waals surface area contributed by atoms with Crippen LogP contribution < -0.4 is 0 Å². The lowest BCUT2D eigenvalue weighted by atomic mass is 10.2. The number of ether oxygens (including phenoxy) is 1. The summed E-state index contributed by atoms with van der Waals surface area (Å²) in [5.74, 6) is 1.14. The molecular formula is C11H14Cl2N2O. The van der Waals surface area contributed by atoms with Gasteiger partial charge < -0.3 is 4.74 Å². The molecule has 1 atom stereocenters. The summed E-state index contributed by atoms with van der Waals surface area (Å²) in [5.41, 5.74) is 0.720. The third kappa shape index (κ3) is 2.47. The van der Waals surface area contributed by atoms with E-state index in [0.717, 1.165) is 18.4 Å². The Hall–Kier alpha value is -0.380. The van der Waals surface area contributed by atoms with Crippen molar-refractivity contribution in [1.82, 2.24) is 9.97 Å². The molecule has 1 aromatic rings. The minimum atomic E-state index is -0.0550. The summed E-state index contributed by atoms with van der Waals surface area (Å²) < 4.78 is 5.66. The van der Waals surface area contributed by atoms with Crippen LogP contribution in [0.5, 0.6) is 0 Å². The van der Waals surface area contributed by atoms with E-state index in [2.05, 4.69) is 9.97 Å². The second-order valence-corrected chi connectivity index (χ2v) is 4.72. The van der Waals surface area contributed by atoms with E-state index in [1.54, 1.807) is 6.92 Å². The summed E-state index contributed by atoms with van der Waals surface area (Å²) in [5, 5.41) is 0.834. The van der Waals surface area contributed by atoms with Gasteiger partial charge in [-0.25, -0.2) is 9.97 Å². The predicted octanol–water partition coefficient (Wildman–Crippen LogP) is 3.58. The minimum Gasteiger partial charge on any atom is -0.370 e. The molecule has 0 radical (unpaired) electrons. The Kier molecular flexibility index (Phi) is 3.67. The zero-order valence-corrected chi connectivity index (χ0v) is 10.8. The fourth-order valence-corrected chi connectivity index (χ4v) is 2.01. The molecule has 1 aliphatic rings. The van der Waals surface area contributed by atoms with Crippen LogP contribution in [0.3, 0.4) is 0 Å². The summed E-state index contributed by atoms with van der Waals surface area (Å²) >= 11 is 12.0. The highest BCUT2D eigenvalue weighted by Gasteiger charge is 2.35. The Morgan fingerprint density at radius 3 is 2.31 bits per heavy atom. The van der Waals surface area contributed by atoms with Crippen LogP contribution in [-0.4, -0.2) is 16.6 Å². The van der Waals surface area contributed by atoms with Crippen molar-refractivity contribution in [2.75, 3.05) is 6.61 Å². The molecule has 1 unspecified atom stereocenters. The second kappa shape index (κ2) is 4.86. The van der Waals surface area contributed by atoms with Gasteiger partial charge in [0, 0.05) is 12.2 Å². The maximum Gasteiger partial charge on any atom is 0.160 e. The first kappa shape index (κ1) is 12.1. The molecule has 88 valence electrons. The van der Waals surface area contributed by atoms with Crippen molar-refractivity contribution in [3.05, 3.63) is 21.7 Å². The third-order valence-electron chi connectivity index (χ3n) is 2.70. The second-order valence-electron chi connectivity index (χ2n) is 4.00. The molecule has 1 aromatic heterocycles. The van der Waals surface area contributed by atoms with Gasteiger partial charge >= 0.3 is 0 Å². The highest BCUT2D eigenvalue weighted by molar-refractivity contribution is 6.34. The van der Waals surface area contributed by atoms with Crippen molar-refractivity contribution in [3.8, 4) is 0 Å². The normalized spacial score (nSPS) is 17.5. The molecule has 0 aliphatic heterocycles. The zero-order valence-electron chi connectivity index (χ0n) is 9.33. The number of halogens is 2. The summed E-state index contributed by atoms with van der Waals surface area (Å²) in [6.45, 7) is 4.42. The quantitative estimate of drug-likeness (QED) is 0.777. The van der Waals surface area contributed by atoms with E-state index in [4.69, 9.17) is 27.9 Å². The largest absolute Gasteiger partial charge is 0.370 e. The Morgan fingerprint density at radius 2 is 1.88 bits per heavy atom. The monoisotopic (exact) mass is 260 g/mol. The van der Waals surface area contributed by atoms with Gasteiger partial charge in [-0.2, -0.15) is 0 Å². The lowest BCUT2D eigenvalue weighted by molar-refractivity contribution is 0.0400. The summed E-state index contributed by atoms with van der Waals surface area (Å²) in [7, 11) is 0. The highest BCUT2D eigenvalue weighted by atomic mass is 35.5. The fourth-order valence-electron chi connectivity index (χ4n) is 1.61. The maximum atomic E-state index is 6.00. The molecule has 2 rings (SSSR count). The van der Waals surface area contributed by atoms with E-state index in [1.165, 1.54) is 0 Å². The molecule has 16 heavy (non-hydrogen) atoms. The first-order chi connectivity index (χ1) is 7.63. The Morgan fingerprint density at radius 1 is 1.31 bits per heavy atom. The molecule has 5 heteroatoms. The SMILES string of the molecule is CCOC(c1nc(Cl)c(C)c(Cl)n1)C1CC1. The van der Waals surface area contributed by atoms with E-state index >= 15 is 0 Å². The number of nitrogens with zero attached hydrogens (tertiary/aromatic N) is 2. The van der Waals surface area contributed by atoms with Gasteiger partial charge in [-0.3, -0.25) is 0 Å². The molecule has 0 N–H and O–H groups in total. The topological polar surface area (TPSA) is 35.0 Å². The summed E-state index contributed by atoms with van der Waals surface area (Å²) in [4.78, 5) is 8.52. The minimum absolute atomic E-state index is 0.0550. The average molecular weight is 261 g/mol. The molecular weight excluding hydrogens is 247 g/mol. The Balaban J connectivity index is 2.30. The molecule has 0 saturated heterocycles. The van der Waals surface area contributed by atoms with Crippen LogP contribution in [0.4, 0.5) is 0 Å². The molecule has 0 spiro atoms. The number of hydrogen-bond acceptors (Lipinski definition) is 3. The summed E-state index contributed by atoms with van der Waals surface area (Å²) in [6.07, 6.45) is 2.27. The highest BCUT2D eigenvalue weighted by Crippen LogP contribution is 2.42. The van der Waals surface area contributed by atoms with Gasteiger partial charge in [-0.15, -0.1) is 0 Å². The average Bonchev–Trinajstić information content (AvgIpc) is 3.05. The van der Waals surface area contributed by atoms with Crippen LogP contribution in [0.1, 0.15) is 37.3 Å². The van der Waals surface area contributed by atoms with Crippen molar-refractivity contribution < 1.29 is 4.74 Å². The van der Waals surface area contributed by atoms with E-state index in [9.17, 15) is 0 Å². The van der Waals surface area contributed by atoms with E-state index in [-0.39, 0.29) is 6.10 Å². The third-order valence-corrected chi connectivity index (χ3v) is 3.43. The summed E-state index contributed by atoms with van der Waals surface area (Å²) in [6, 6.07) is 0. The molecule has 1 heterocycles. The van der Waals surface area contributed by atoms with Crippen molar-refractivity contribution in [2.45, 2.75) is 32.8 Å². The van der Waals surface area contributed by atoms with Crippen LogP contribution in [0.2, 0.25) is 10.3 Å². The van der Waals surface area contributed by atoms with E-state index in [0.29, 0.717) is 28.7 Å². The molecule has 1 saturated carbocycles. The van der Waals surface area contributed by atoms with Crippen molar-refractivity contribution >= 4 is 23.2 Å². The van der Waals surface area contributed by atoms with Crippen molar-refractivity contribution in [1.29, 1.82) is 0 Å². The lowest BCUT2D eigenvalue weighted by Crippen LogP contribution is -2.11. The predicted molar refractivity (Wildman–Crippen MR) is 63.9 cm³/mol. The first-order valence-electron chi connectivity index (χ1n) is 5.44. The molecule has 1 fully saturated rings. The Labute approximate surface area is 105 Å². The van der Waals surface area contributed by atoms with Crippen LogP contribution in [0.15, 0.2) is 0 Å². The van der Waals surface area contributed by atoms with Gasteiger partial charge in [0.25, 0.3) is 0 Å². The number of hydrogen-bond donors (Lipinski definition) is 0. The van der Waals surface area contributed by atoms with Crippen LogP contribution in [0.25, 0.3) is 0 Å². The van der Waals surface area contributed by atoms with Gasteiger partial charge in [0.2, 0.25) is 0 Å². The maximum absolute atomic E-state index is 6.00. The van der Waals surface area contributed by atoms with Crippen molar-refractivity contribution in [3.63, 3.8) is 0 Å². The molecule has 0 bridgehead atoms. The number of aromatic nitrogens is 2. The smallest absolute Gasteiger partial charge is 0.160 e. The van der Waals surface area contributed by atoms with Crippen LogP contribution >= 0.6 is 23.2 Å². The Bertz CT molecular complexity index is 371. The van der Waals surface area contributed by atoms with Gasteiger partial charge in [-0.05, 0) is 32.6 Å². The van der Waals surface area contributed by atoms with Gasteiger partial charge in [0.1, 0.15) is 16.4 Å². The fraction of sp³-hybridized carbons (Fsp3) is 0.636. The molecule has 0 amide bonds.